The minimum Gasteiger partial charge on any atom is -0.355 e. The zero-order valence-electron chi connectivity index (χ0n) is 14.3. The number of rotatable bonds is 7. The molecule has 0 radical (unpaired) electrons. The van der Waals surface area contributed by atoms with Crippen LogP contribution in [-0.2, 0) is 4.79 Å². The van der Waals surface area contributed by atoms with E-state index in [-0.39, 0.29) is 17.7 Å². The molecule has 2 aromatic carbocycles. The highest BCUT2D eigenvalue weighted by Crippen LogP contribution is 2.20. The van der Waals surface area contributed by atoms with E-state index in [0.717, 1.165) is 5.56 Å². The highest BCUT2D eigenvalue weighted by Gasteiger charge is 2.27. The molecule has 0 aliphatic heterocycles. The van der Waals surface area contributed by atoms with Crippen molar-refractivity contribution in [2.24, 2.45) is 10.9 Å². The number of aliphatic imine (C=N–C) groups is 1. The summed E-state index contributed by atoms with van der Waals surface area (Å²) in [5, 5.41) is 3.01. The monoisotopic (exact) mass is 356 g/mol. The van der Waals surface area contributed by atoms with E-state index < -0.39 is 5.92 Å². The highest BCUT2D eigenvalue weighted by atomic mass is 35.5. The molecule has 1 amide bonds. The molecule has 0 spiro atoms. The molecule has 0 fully saturated rings. The first kappa shape index (κ1) is 18.9. The molecule has 5 heteroatoms. The maximum Gasteiger partial charge on any atom is 0.236 e. The van der Waals surface area contributed by atoms with Crippen LogP contribution in [0.5, 0.6) is 0 Å². The second kappa shape index (κ2) is 9.14. The van der Waals surface area contributed by atoms with Gasteiger partial charge in [0.1, 0.15) is 5.92 Å². The third kappa shape index (κ3) is 5.00. The zero-order valence-corrected chi connectivity index (χ0v) is 15.0. The lowest BCUT2D eigenvalue weighted by atomic mass is 9.97. The summed E-state index contributed by atoms with van der Waals surface area (Å²) in [7, 11) is 0. The molecule has 1 N–H and O–H groups in total. The summed E-state index contributed by atoms with van der Waals surface area (Å²) in [5.74, 6) is -1.75. The predicted octanol–water partition coefficient (Wildman–Crippen LogP) is 4.11. The zero-order chi connectivity index (χ0) is 18.2. The van der Waals surface area contributed by atoms with E-state index >= 15 is 0 Å². The van der Waals surface area contributed by atoms with Gasteiger partial charge in [-0.3, -0.25) is 14.6 Å². The Morgan fingerprint density at radius 1 is 1.12 bits per heavy atom. The Balaban J connectivity index is 2.27. The van der Waals surface area contributed by atoms with Gasteiger partial charge in [-0.25, -0.2) is 0 Å². The van der Waals surface area contributed by atoms with E-state index in [0.29, 0.717) is 17.1 Å². The molecule has 2 rings (SSSR count). The summed E-state index contributed by atoms with van der Waals surface area (Å²) in [6.45, 7) is 4.16. The van der Waals surface area contributed by atoms with Crippen LogP contribution < -0.4 is 5.32 Å². The van der Waals surface area contributed by atoms with Gasteiger partial charge >= 0.3 is 0 Å². The molecular formula is C20H21ClN2O2. The lowest BCUT2D eigenvalue weighted by Crippen LogP contribution is -2.36. The first-order valence-corrected chi connectivity index (χ1v) is 8.57. The Kier molecular flexibility index (Phi) is 6.90. The fraction of sp³-hybridized carbons (Fsp3) is 0.250. The molecule has 0 saturated carbocycles. The van der Waals surface area contributed by atoms with Gasteiger partial charge in [0.15, 0.2) is 5.78 Å². The molecule has 4 nitrogen and oxygen atoms in total. The average Bonchev–Trinajstić information content (AvgIpc) is 2.63. The Morgan fingerprint density at radius 3 is 2.40 bits per heavy atom. The van der Waals surface area contributed by atoms with Crippen molar-refractivity contribution in [2.75, 3.05) is 6.54 Å². The van der Waals surface area contributed by atoms with Crippen LogP contribution >= 0.6 is 11.6 Å². The smallest absolute Gasteiger partial charge is 0.236 e. The van der Waals surface area contributed by atoms with Crippen LogP contribution in [0.1, 0.15) is 35.8 Å². The molecule has 0 bridgehead atoms. The third-order valence-corrected chi connectivity index (χ3v) is 4.13. The van der Waals surface area contributed by atoms with Gasteiger partial charge in [-0.15, -0.1) is 0 Å². The first-order valence-electron chi connectivity index (χ1n) is 8.19. The molecule has 2 aromatic rings. The summed E-state index contributed by atoms with van der Waals surface area (Å²) >= 11 is 6.11. The molecule has 0 heterocycles. The number of hydrogen-bond donors (Lipinski definition) is 1. The number of amides is 1. The van der Waals surface area contributed by atoms with Crippen LogP contribution in [0.3, 0.4) is 0 Å². The van der Waals surface area contributed by atoms with Crippen LogP contribution in [0.2, 0.25) is 5.02 Å². The molecule has 0 aliphatic carbocycles. The Hall–Kier alpha value is -2.46. The van der Waals surface area contributed by atoms with Gasteiger partial charge in [-0.2, -0.15) is 0 Å². The Labute approximate surface area is 152 Å². The van der Waals surface area contributed by atoms with Crippen LogP contribution in [-0.4, -0.2) is 24.4 Å². The van der Waals surface area contributed by atoms with E-state index in [1.807, 2.05) is 37.3 Å². The minimum atomic E-state index is -1.01. The number of carbonyl (C=O) groups excluding carboxylic acids is 2. The molecule has 0 saturated heterocycles. The van der Waals surface area contributed by atoms with E-state index in [1.54, 1.807) is 31.2 Å². The SMILES string of the molecule is CCNC(=O)C(C=NC(C)c1ccccc1)C(=O)c1ccccc1Cl. The van der Waals surface area contributed by atoms with Crippen molar-refractivity contribution in [3.05, 3.63) is 70.7 Å². The van der Waals surface area contributed by atoms with Crippen molar-refractivity contribution < 1.29 is 9.59 Å². The predicted molar refractivity (Wildman–Crippen MR) is 101 cm³/mol. The summed E-state index contributed by atoms with van der Waals surface area (Å²) in [4.78, 5) is 29.6. The van der Waals surface area contributed by atoms with Crippen molar-refractivity contribution in [3.63, 3.8) is 0 Å². The first-order chi connectivity index (χ1) is 12.0. The Bertz CT molecular complexity index is 759. The topological polar surface area (TPSA) is 58.5 Å². The van der Waals surface area contributed by atoms with Crippen molar-refractivity contribution in [1.29, 1.82) is 0 Å². The number of benzene rings is 2. The molecule has 2 atom stereocenters. The van der Waals surface area contributed by atoms with Crippen molar-refractivity contribution in [1.82, 2.24) is 5.32 Å². The van der Waals surface area contributed by atoms with Gasteiger partial charge in [0, 0.05) is 18.3 Å². The Morgan fingerprint density at radius 2 is 1.76 bits per heavy atom. The number of carbonyl (C=O) groups is 2. The van der Waals surface area contributed by atoms with E-state index in [4.69, 9.17) is 11.6 Å². The maximum atomic E-state index is 12.8. The van der Waals surface area contributed by atoms with Gasteiger partial charge in [0.05, 0.1) is 11.1 Å². The summed E-state index contributed by atoms with van der Waals surface area (Å²) in [6, 6.07) is 16.3. The summed E-state index contributed by atoms with van der Waals surface area (Å²) in [6.07, 6.45) is 1.42. The quantitative estimate of drug-likeness (QED) is 0.461. The van der Waals surface area contributed by atoms with Crippen LogP contribution in [0, 0.1) is 5.92 Å². The number of nitrogens with zero attached hydrogens (tertiary/aromatic N) is 1. The van der Waals surface area contributed by atoms with Gasteiger partial charge < -0.3 is 5.32 Å². The maximum absolute atomic E-state index is 12.8. The van der Waals surface area contributed by atoms with Crippen molar-refractivity contribution in [2.45, 2.75) is 19.9 Å². The number of halogens is 1. The van der Waals surface area contributed by atoms with E-state index in [1.165, 1.54) is 6.21 Å². The molecule has 0 aliphatic rings. The summed E-state index contributed by atoms with van der Waals surface area (Å²) < 4.78 is 0. The highest BCUT2D eigenvalue weighted by molar-refractivity contribution is 6.35. The average molecular weight is 357 g/mol. The second-order valence-electron chi connectivity index (χ2n) is 5.60. The standard InChI is InChI=1S/C20H21ClN2O2/c1-3-22-20(25)17(19(24)16-11-7-8-12-18(16)21)13-23-14(2)15-9-5-4-6-10-15/h4-14,17H,3H2,1-2H3,(H,22,25). The molecule has 130 valence electrons. The lowest BCUT2D eigenvalue weighted by molar-refractivity contribution is -0.121. The molecule has 0 aromatic heterocycles. The van der Waals surface area contributed by atoms with Crippen LogP contribution in [0.15, 0.2) is 59.6 Å². The van der Waals surface area contributed by atoms with Crippen molar-refractivity contribution in [3.8, 4) is 0 Å². The number of Topliss-reactive ketones (excluding diaryl/α,β-unsaturated/α-hetero) is 1. The number of hydrogen-bond acceptors (Lipinski definition) is 3. The van der Waals surface area contributed by atoms with Gasteiger partial charge in [0.25, 0.3) is 0 Å². The van der Waals surface area contributed by atoms with Gasteiger partial charge in [-0.1, -0.05) is 54.1 Å². The molecular weight excluding hydrogens is 336 g/mol. The summed E-state index contributed by atoms with van der Waals surface area (Å²) in [5.41, 5.74) is 1.33. The van der Waals surface area contributed by atoms with Crippen LogP contribution in [0.25, 0.3) is 0 Å². The van der Waals surface area contributed by atoms with Crippen molar-refractivity contribution >= 4 is 29.5 Å². The van der Waals surface area contributed by atoms with Crippen LogP contribution in [0.4, 0.5) is 0 Å². The molecule has 25 heavy (non-hydrogen) atoms. The molecule has 2 unspecified atom stereocenters. The number of nitrogens with one attached hydrogen (secondary N) is 1. The van der Waals surface area contributed by atoms with E-state index in [9.17, 15) is 9.59 Å². The van der Waals surface area contributed by atoms with Gasteiger partial charge in [0.2, 0.25) is 5.91 Å². The fourth-order valence-corrected chi connectivity index (χ4v) is 2.63. The second-order valence-corrected chi connectivity index (χ2v) is 6.01. The third-order valence-electron chi connectivity index (χ3n) is 3.80. The normalized spacial score (nSPS) is 13.4. The number of ketones is 1. The lowest BCUT2D eigenvalue weighted by Gasteiger charge is -2.13. The van der Waals surface area contributed by atoms with E-state index in [2.05, 4.69) is 10.3 Å². The largest absolute Gasteiger partial charge is 0.355 e. The fourth-order valence-electron chi connectivity index (χ4n) is 2.40. The minimum absolute atomic E-state index is 0.155. The van der Waals surface area contributed by atoms with Gasteiger partial charge in [-0.05, 0) is 31.5 Å².